The van der Waals surface area contributed by atoms with Gasteiger partial charge in [0, 0.05) is 35.9 Å². The van der Waals surface area contributed by atoms with Gasteiger partial charge in [0.05, 0.1) is 17.4 Å². The summed E-state index contributed by atoms with van der Waals surface area (Å²) in [5.41, 5.74) is 4.36. The van der Waals surface area contributed by atoms with E-state index < -0.39 is 0 Å². The second-order valence-electron chi connectivity index (χ2n) is 8.66. The Balaban J connectivity index is 1.18. The van der Waals surface area contributed by atoms with Crippen molar-refractivity contribution in [1.29, 1.82) is 0 Å². The van der Waals surface area contributed by atoms with Crippen LogP contribution < -0.4 is 20.0 Å². The van der Waals surface area contributed by atoms with Gasteiger partial charge in [0.15, 0.2) is 11.5 Å². The number of ether oxygens (including phenoxy) is 2. The molecule has 0 saturated heterocycles. The minimum Gasteiger partial charge on any atom is -0.486 e. The molecular formula is C26H24FN3O2. The highest BCUT2D eigenvalue weighted by molar-refractivity contribution is 5.88. The van der Waals surface area contributed by atoms with E-state index in [1.54, 1.807) is 12.1 Å². The van der Waals surface area contributed by atoms with E-state index in [2.05, 4.69) is 27.0 Å². The van der Waals surface area contributed by atoms with Crippen LogP contribution in [0.25, 0.3) is 16.5 Å². The monoisotopic (exact) mass is 429 g/mol. The second kappa shape index (κ2) is 7.71. The van der Waals surface area contributed by atoms with E-state index in [1.165, 1.54) is 17.2 Å². The Kier molecular flexibility index (Phi) is 4.68. The lowest BCUT2D eigenvalue weighted by Gasteiger charge is -2.33. The quantitative estimate of drug-likeness (QED) is 0.642. The van der Waals surface area contributed by atoms with Crippen LogP contribution in [0.1, 0.15) is 12.1 Å². The summed E-state index contributed by atoms with van der Waals surface area (Å²) < 4.78 is 26.1. The lowest BCUT2D eigenvalue weighted by molar-refractivity contribution is 0.0627. The van der Waals surface area contributed by atoms with Crippen LogP contribution in [0.4, 0.5) is 4.39 Å². The number of benzene rings is 2. The Morgan fingerprint density at radius 1 is 1.16 bits per heavy atom. The van der Waals surface area contributed by atoms with Gasteiger partial charge in [0.1, 0.15) is 18.5 Å². The molecule has 1 aromatic heterocycles. The molecule has 3 aliphatic heterocycles. The molecule has 1 unspecified atom stereocenters. The predicted molar refractivity (Wildman–Crippen MR) is 121 cm³/mol. The van der Waals surface area contributed by atoms with Gasteiger partial charge in [-0.15, -0.1) is 0 Å². The summed E-state index contributed by atoms with van der Waals surface area (Å²) in [5.74, 6) is 1.37. The Morgan fingerprint density at radius 3 is 2.97 bits per heavy atom. The normalized spacial score (nSPS) is 20.1. The highest BCUT2D eigenvalue weighted by Crippen LogP contribution is 2.38. The molecule has 6 rings (SSSR count). The summed E-state index contributed by atoms with van der Waals surface area (Å²) in [4.78, 5) is 11.6. The first kappa shape index (κ1) is 19.4. The van der Waals surface area contributed by atoms with Crippen molar-refractivity contribution in [3.05, 3.63) is 76.2 Å². The maximum absolute atomic E-state index is 13.7. The number of hydrogen-bond donors (Lipinski definition) is 0. The SMILES string of the molecule is Cc1ccc2c3c(ccc2n1)OCC(CN1CC=C(C2=c4cc(F)ccc4=NC2)CC1)O3. The van der Waals surface area contributed by atoms with E-state index in [4.69, 9.17) is 9.47 Å². The van der Waals surface area contributed by atoms with Crippen molar-refractivity contribution in [3.8, 4) is 11.5 Å². The Labute approximate surface area is 185 Å². The fourth-order valence-corrected chi connectivity index (χ4v) is 4.82. The maximum Gasteiger partial charge on any atom is 0.171 e. The van der Waals surface area contributed by atoms with Crippen molar-refractivity contribution in [2.45, 2.75) is 19.4 Å². The third kappa shape index (κ3) is 3.45. The van der Waals surface area contributed by atoms with Gasteiger partial charge in [0.25, 0.3) is 0 Å². The van der Waals surface area contributed by atoms with E-state index in [0.29, 0.717) is 13.2 Å². The number of pyridine rings is 1. The van der Waals surface area contributed by atoms with Gasteiger partial charge in [-0.05, 0) is 67.0 Å². The van der Waals surface area contributed by atoms with Crippen molar-refractivity contribution in [2.75, 3.05) is 32.8 Å². The summed E-state index contributed by atoms with van der Waals surface area (Å²) in [6, 6.07) is 12.9. The lowest BCUT2D eigenvalue weighted by Crippen LogP contribution is -2.42. The summed E-state index contributed by atoms with van der Waals surface area (Å²) in [7, 11) is 0. The van der Waals surface area contributed by atoms with Gasteiger partial charge in [0.2, 0.25) is 0 Å². The van der Waals surface area contributed by atoms with E-state index in [1.807, 2.05) is 25.1 Å². The van der Waals surface area contributed by atoms with Crippen LogP contribution in [0.15, 0.2) is 59.1 Å². The average molecular weight is 429 g/mol. The molecule has 162 valence electrons. The van der Waals surface area contributed by atoms with Crippen molar-refractivity contribution < 1.29 is 13.9 Å². The summed E-state index contributed by atoms with van der Waals surface area (Å²) >= 11 is 0. The summed E-state index contributed by atoms with van der Waals surface area (Å²) in [6.07, 6.45) is 3.15. The van der Waals surface area contributed by atoms with Gasteiger partial charge in [-0.2, -0.15) is 0 Å². The molecule has 32 heavy (non-hydrogen) atoms. The van der Waals surface area contributed by atoms with Gasteiger partial charge in [-0.1, -0.05) is 6.08 Å². The number of hydrogen-bond acceptors (Lipinski definition) is 5. The minimum atomic E-state index is -0.205. The van der Waals surface area contributed by atoms with Crippen LogP contribution >= 0.6 is 0 Å². The van der Waals surface area contributed by atoms with Crippen molar-refractivity contribution in [3.63, 3.8) is 0 Å². The molecule has 0 bridgehead atoms. The van der Waals surface area contributed by atoms with E-state index in [9.17, 15) is 4.39 Å². The van der Waals surface area contributed by atoms with Crippen LogP contribution in [0.2, 0.25) is 0 Å². The average Bonchev–Trinajstić information content (AvgIpc) is 3.22. The number of aromatic nitrogens is 1. The fourth-order valence-electron chi connectivity index (χ4n) is 4.82. The number of nitrogens with zero attached hydrogens (tertiary/aromatic N) is 3. The molecule has 0 spiro atoms. The molecule has 0 N–H and O–H groups in total. The number of fused-ring (bicyclic) bond motifs is 4. The van der Waals surface area contributed by atoms with Crippen molar-refractivity contribution >= 4 is 16.5 Å². The number of rotatable bonds is 3. The molecule has 0 aliphatic carbocycles. The van der Waals surface area contributed by atoms with Crippen LogP contribution in [0, 0.1) is 12.7 Å². The molecule has 0 saturated carbocycles. The van der Waals surface area contributed by atoms with E-state index in [-0.39, 0.29) is 11.9 Å². The van der Waals surface area contributed by atoms with Crippen LogP contribution in [-0.4, -0.2) is 48.8 Å². The molecule has 1 atom stereocenters. The first-order valence-corrected chi connectivity index (χ1v) is 11.1. The molecule has 5 nitrogen and oxygen atoms in total. The first-order chi connectivity index (χ1) is 15.6. The fraction of sp³-hybridized carbons (Fsp3) is 0.308. The zero-order chi connectivity index (χ0) is 21.7. The Morgan fingerprint density at radius 2 is 2.09 bits per heavy atom. The van der Waals surface area contributed by atoms with Gasteiger partial charge < -0.3 is 9.47 Å². The highest BCUT2D eigenvalue weighted by atomic mass is 19.1. The minimum absolute atomic E-state index is 0.0340. The molecule has 4 heterocycles. The van der Waals surface area contributed by atoms with Gasteiger partial charge in [-0.25, -0.2) is 4.39 Å². The molecule has 0 amide bonds. The van der Waals surface area contributed by atoms with Gasteiger partial charge in [-0.3, -0.25) is 14.9 Å². The van der Waals surface area contributed by atoms with E-state index in [0.717, 1.165) is 64.7 Å². The number of aryl methyl sites for hydroxylation is 1. The van der Waals surface area contributed by atoms with Crippen molar-refractivity contribution in [2.24, 2.45) is 4.99 Å². The molecule has 6 heteroatoms. The Bertz CT molecular complexity index is 1380. The Hall–Kier alpha value is -3.25. The highest BCUT2D eigenvalue weighted by Gasteiger charge is 2.26. The molecule has 0 radical (unpaired) electrons. The second-order valence-corrected chi connectivity index (χ2v) is 8.66. The topological polar surface area (TPSA) is 47.0 Å². The van der Waals surface area contributed by atoms with Crippen LogP contribution in [0.3, 0.4) is 0 Å². The molecule has 3 aromatic rings. The summed E-state index contributed by atoms with van der Waals surface area (Å²) in [5, 5.41) is 2.83. The smallest absolute Gasteiger partial charge is 0.171 e. The predicted octanol–water partition coefficient (Wildman–Crippen LogP) is 2.94. The molecule has 2 aromatic carbocycles. The van der Waals surface area contributed by atoms with Crippen LogP contribution in [-0.2, 0) is 0 Å². The van der Waals surface area contributed by atoms with Crippen molar-refractivity contribution in [1.82, 2.24) is 9.88 Å². The van der Waals surface area contributed by atoms with Gasteiger partial charge >= 0.3 is 0 Å². The lowest BCUT2D eigenvalue weighted by atomic mass is 9.98. The zero-order valence-corrected chi connectivity index (χ0v) is 18.0. The summed E-state index contributed by atoms with van der Waals surface area (Å²) in [6.45, 7) is 5.73. The first-order valence-electron chi connectivity index (χ1n) is 11.1. The third-order valence-electron chi connectivity index (χ3n) is 6.47. The molecule has 3 aliphatic rings. The molecular weight excluding hydrogens is 405 g/mol. The standard InChI is InChI=1S/C26H24FN3O2/c1-16-2-4-20-24(29-16)6-7-25-26(20)32-19(15-31-25)14-30-10-8-17(9-11-30)22-13-28-23-5-3-18(27)12-21(22)23/h2-8,12,19H,9-11,13-15H2,1H3. The molecule has 0 fully saturated rings. The third-order valence-corrected chi connectivity index (χ3v) is 6.47. The van der Waals surface area contributed by atoms with E-state index >= 15 is 0 Å². The maximum atomic E-state index is 13.7. The zero-order valence-electron chi connectivity index (χ0n) is 18.0. The van der Waals surface area contributed by atoms with Crippen LogP contribution in [0.5, 0.6) is 11.5 Å². The number of halogens is 1. The largest absolute Gasteiger partial charge is 0.486 e.